The van der Waals surface area contributed by atoms with Crippen molar-refractivity contribution in [3.05, 3.63) is 63.7 Å². The molecule has 0 saturated carbocycles. The van der Waals surface area contributed by atoms with E-state index in [0.717, 1.165) is 4.90 Å². The van der Waals surface area contributed by atoms with Crippen LogP contribution in [-0.2, 0) is 30.3 Å². The summed E-state index contributed by atoms with van der Waals surface area (Å²) in [6, 6.07) is 4.50. The predicted molar refractivity (Wildman–Crippen MR) is 182 cm³/mol. The number of carbonyl (C=O) groups is 5. The Morgan fingerprint density at radius 2 is 1.73 bits per heavy atom. The van der Waals surface area contributed by atoms with Gasteiger partial charge in [-0.15, -0.1) is 0 Å². The Morgan fingerprint density at radius 1 is 1.00 bits per heavy atom. The lowest BCUT2D eigenvalue weighted by Crippen LogP contribution is -2.40. The van der Waals surface area contributed by atoms with Crippen LogP contribution >= 0.6 is 0 Å². The molecule has 6 rings (SSSR count). The maximum atomic E-state index is 13.9. The van der Waals surface area contributed by atoms with E-state index in [1.807, 2.05) is 0 Å². The largest absolute Gasteiger partial charge is 0.507 e. The summed E-state index contributed by atoms with van der Waals surface area (Å²) < 4.78 is 17.6. The Labute approximate surface area is 298 Å². The Balaban J connectivity index is 1.25. The number of amides is 3. The smallest absolute Gasteiger partial charge is 0.253 e. The first-order valence-corrected chi connectivity index (χ1v) is 17.3. The SMILES string of the molecule is COc1cccc2c1C(=O)c1c(O)c3c(c(O)c1C2=O)C[C@@H](/C(CO)=N/NC(=O)CCCCCN1C(=O)C=CC1=O)C[C@@H]3O[C@H]1CC[C@H](O)[C@H](C)O1. The molecule has 1 fully saturated rings. The molecule has 0 radical (unpaired) electrons. The first kappa shape index (κ1) is 36.8. The quantitative estimate of drug-likeness (QED) is 0.0599. The zero-order chi connectivity index (χ0) is 37.3. The van der Waals surface area contributed by atoms with Crippen molar-refractivity contribution in [2.45, 2.75) is 82.9 Å². The van der Waals surface area contributed by atoms with Crippen molar-refractivity contribution < 1.29 is 58.6 Å². The van der Waals surface area contributed by atoms with Crippen LogP contribution in [0.5, 0.6) is 17.2 Å². The number of imide groups is 1. The summed E-state index contributed by atoms with van der Waals surface area (Å²) in [5, 5.41) is 48.3. The maximum Gasteiger partial charge on any atom is 0.253 e. The summed E-state index contributed by atoms with van der Waals surface area (Å²) in [5.74, 6) is -4.12. The third-order valence-electron chi connectivity index (χ3n) is 10.1. The standard InChI is InChI=1S/C37H41N3O12/c1-18-23(42)10-13-29(51-18)52-25-16-19(22(17-41)38-39-26(43)9-4-3-5-14-40-27(44)11-12-28(40)45)15-21-31(25)37(49)33-32(35(21)47)34(46)20-7-6-8-24(50-2)30(20)36(33)48/h6-8,11-12,18-19,23,25,29,41-42,47,49H,3-5,9-10,13-17H2,1-2H3,(H,39,43)/b38-22+/t18-,19+,23-,25-,29-/m0/s1. The number of fused-ring (bicyclic) bond motifs is 3. The first-order valence-electron chi connectivity index (χ1n) is 17.3. The van der Waals surface area contributed by atoms with Gasteiger partial charge in [-0.3, -0.25) is 28.9 Å². The molecule has 0 unspecified atom stereocenters. The molecule has 5 N–H and O–H groups in total. The van der Waals surface area contributed by atoms with Crippen molar-refractivity contribution >= 4 is 35.0 Å². The monoisotopic (exact) mass is 719 g/mol. The van der Waals surface area contributed by atoms with Gasteiger partial charge in [0.15, 0.2) is 12.1 Å². The van der Waals surface area contributed by atoms with Crippen molar-refractivity contribution in [3.8, 4) is 17.2 Å². The average Bonchev–Trinajstić information content (AvgIpc) is 3.45. The van der Waals surface area contributed by atoms with Crippen LogP contribution in [0.25, 0.3) is 0 Å². The van der Waals surface area contributed by atoms with E-state index in [4.69, 9.17) is 14.2 Å². The van der Waals surface area contributed by atoms with Crippen LogP contribution in [0.1, 0.15) is 101 Å². The lowest BCUT2D eigenvalue weighted by Gasteiger charge is -2.38. The molecule has 15 heteroatoms. The van der Waals surface area contributed by atoms with Gasteiger partial charge < -0.3 is 34.6 Å². The molecule has 15 nitrogen and oxygen atoms in total. The number of nitrogens with one attached hydrogen (secondary N) is 1. The lowest BCUT2D eigenvalue weighted by atomic mass is 9.73. The van der Waals surface area contributed by atoms with Gasteiger partial charge in [-0.2, -0.15) is 5.10 Å². The van der Waals surface area contributed by atoms with Crippen LogP contribution in [0.4, 0.5) is 0 Å². The molecule has 4 aliphatic rings. The summed E-state index contributed by atoms with van der Waals surface area (Å²) >= 11 is 0. The van der Waals surface area contributed by atoms with E-state index in [2.05, 4.69) is 10.5 Å². The van der Waals surface area contributed by atoms with E-state index in [9.17, 15) is 44.4 Å². The number of hydrogen-bond acceptors (Lipinski definition) is 13. The molecule has 52 heavy (non-hydrogen) atoms. The number of ketones is 2. The van der Waals surface area contributed by atoms with Crippen molar-refractivity contribution in [2.75, 3.05) is 20.3 Å². The van der Waals surface area contributed by atoms with Crippen molar-refractivity contribution in [3.63, 3.8) is 0 Å². The molecule has 2 aliphatic carbocycles. The number of aliphatic hydroxyl groups is 2. The fourth-order valence-electron chi connectivity index (χ4n) is 7.31. The van der Waals surface area contributed by atoms with E-state index in [1.165, 1.54) is 31.4 Å². The van der Waals surface area contributed by atoms with Gasteiger partial charge in [0.05, 0.1) is 54.4 Å². The summed E-state index contributed by atoms with van der Waals surface area (Å²) in [4.78, 5) is 65.0. The molecular weight excluding hydrogens is 678 g/mol. The molecule has 2 aromatic carbocycles. The number of ether oxygens (including phenoxy) is 3. The lowest BCUT2D eigenvalue weighted by molar-refractivity contribution is -0.238. The molecule has 0 spiro atoms. The minimum absolute atomic E-state index is 0.00478. The van der Waals surface area contributed by atoms with E-state index in [1.54, 1.807) is 13.0 Å². The van der Waals surface area contributed by atoms with Crippen molar-refractivity contribution in [1.29, 1.82) is 0 Å². The number of phenolic OH excluding ortho intramolecular Hbond substituents is 2. The summed E-state index contributed by atoms with van der Waals surface area (Å²) in [6.07, 6.45) is 1.68. The number of aliphatic hydroxyl groups excluding tert-OH is 2. The fraction of sp³-hybridized carbons (Fsp3) is 0.459. The molecule has 2 aliphatic heterocycles. The highest BCUT2D eigenvalue weighted by Crippen LogP contribution is 2.51. The highest BCUT2D eigenvalue weighted by molar-refractivity contribution is 6.31. The number of benzene rings is 2. The van der Waals surface area contributed by atoms with Crippen LogP contribution in [0.15, 0.2) is 35.5 Å². The molecule has 0 aromatic heterocycles. The third kappa shape index (κ3) is 6.96. The minimum atomic E-state index is -1.03. The maximum absolute atomic E-state index is 13.9. The number of aromatic hydroxyl groups is 2. The number of unbranched alkanes of at least 4 members (excludes halogenated alkanes) is 2. The molecule has 0 bridgehead atoms. The second-order valence-electron chi connectivity index (χ2n) is 13.3. The molecule has 5 atom stereocenters. The van der Waals surface area contributed by atoms with Crippen LogP contribution in [0.2, 0.25) is 0 Å². The number of methoxy groups -OCH3 is 1. The Morgan fingerprint density at radius 3 is 2.42 bits per heavy atom. The van der Waals surface area contributed by atoms with Gasteiger partial charge in [0.25, 0.3) is 11.8 Å². The van der Waals surface area contributed by atoms with Gasteiger partial charge in [-0.05, 0) is 45.1 Å². The minimum Gasteiger partial charge on any atom is -0.507 e. The highest BCUT2D eigenvalue weighted by atomic mass is 16.7. The molecular formula is C37H41N3O12. The van der Waals surface area contributed by atoms with Gasteiger partial charge in [0, 0.05) is 54.1 Å². The van der Waals surface area contributed by atoms with Crippen LogP contribution in [-0.4, -0.2) is 99.1 Å². The summed E-state index contributed by atoms with van der Waals surface area (Å²) in [6.45, 7) is 1.37. The second-order valence-corrected chi connectivity index (χ2v) is 13.3. The number of hydrogen-bond donors (Lipinski definition) is 5. The molecule has 3 amide bonds. The van der Waals surface area contributed by atoms with Crippen molar-refractivity contribution in [2.24, 2.45) is 11.0 Å². The highest BCUT2D eigenvalue weighted by Gasteiger charge is 2.44. The third-order valence-corrected chi connectivity index (χ3v) is 10.1. The Kier molecular flexibility index (Phi) is 10.9. The van der Waals surface area contributed by atoms with Gasteiger partial charge in [0.2, 0.25) is 11.7 Å². The predicted octanol–water partition coefficient (Wildman–Crippen LogP) is 2.34. The van der Waals surface area contributed by atoms with Crippen LogP contribution in [0.3, 0.4) is 0 Å². The van der Waals surface area contributed by atoms with E-state index >= 15 is 0 Å². The topological polar surface area (TPSA) is 222 Å². The van der Waals surface area contributed by atoms with Gasteiger partial charge in [0.1, 0.15) is 17.2 Å². The van der Waals surface area contributed by atoms with Gasteiger partial charge in [-0.25, -0.2) is 5.43 Å². The molecule has 1 saturated heterocycles. The summed E-state index contributed by atoms with van der Waals surface area (Å²) in [7, 11) is 1.35. The fourth-order valence-corrected chi connectivity index (χ4v) is 7.31. The van der Waals surface area contributed by atoms with Crippen LogP contribution in [0, 0.1) is 5.92 Å². The summed E-state index contributed by atoms with van der Waals surface area (Å²) in [5.41, 5.74) is 2.04. The number of nitrogens with zero attached hydrogens (tertiary/aromatic N) is 2. The van der Waals surface area contributed by atoms with E-state index in [0.29, 0.717) is 32.1 Å². The van der Waals surface area contributed by atoms with E-state index in [-0.39, 0.29) is 82.5 Å². The van der Waals surface area contributed by atoms with Crippen LogP contribution < -0.4 is 10.2 Å². The normalized spacial score (nSPS) is 24.1. The molecule has 2 aromatic rings. The molecule has 276 valence electrons. The number of hydrazone groups is 1. The Hall–Kier alpha value is -4.96. The number of phenols is 2. The van der Waals surface area contributed by atoms with Gasteiger partial charge in [-0.1, -0.05) is 18.6 Å². The second kappa shape index (κ2) is 15.3. The van der Waals surface area contributed by atoms with Crippen molar-refractivity contribution in [1.82, 2.24) is 10.3 Å². The first-order chi connectivity index (χ1) is 24.9. The van der Waals surface area contributed by atoms with Gasteiger partial charge >= 0.3 is 0 Å². The zero-order valence-corrected chi connectivity index (χ0v) is 28.8. The average molecular weight is 720 g/mol. The zero-order valence-electron chi connectivity index (χ0n) is 28.8. The Bertz CT molecular complexity index is 1850. The van der Waals surface area contributed by atoms with E-state index < -0.39 is 66.1 Å². The molecule has 2 heterocycles. The number of carbonyl (C=O) groups excluding carboxylic acids is 5. The number of rotatable bonds is 12.